The molecule has 2 heterocycles. The van der Waals surface area contributed by atoms with Crippen molar-refractivity contribution < 1.29 is 4.79 Å². The van der Waals surface area contributed by atoms with Gasteiger partial charge in [0.2, 0.25) is 5.91 Å². The maximum Gasteiger partial charge on any atom is 0.246 e. The Morgan fingerprint density at radius 2 is 1.62 bits per heavy atom. The molecule has 2 aromatic heterocycles. The lowest BCUT2D eigenvalue weighted by atomic mass is 10.1. The first-order valence-corrected chi connectivity index (χ1v) is 11.4. The summed E-state index contributed by atoms with van der Waals surface area (Å²) in [5.41, 5.74) is 2.77. The Bertz CT molecular complexity index is 1500. The number of nitrogens with one attached hydrogen (secondary N) is 1. The van der Waals surface area contributed by atoms with Crippen LogP contribution in [0, 0.1) is 0 Å². The van der Waals surface area contributed by atoms with Crippen LogP contribution in [0.2, 0.25) is 10.0 Å². The lowest BCUT2D eigenvalue weighted by molar-refractivity contribution is -0.116. The van der Waals surface area contributed by atoms with Crippen LogP contribution in [0.5, 0.6) is 0 Å². The van der Waals surface area contributed by atoms with Crippen molar-refractivity contribution in [2.45, 2.75) is 6.54 Å². The topological polar surface area (TPSA) is 64.0 Å². The Balaban J connectivity index is 1.47. The van der Waals surface area contributed by atoms with Gasteiger partial charge in [-0.1, -0.05) is 47.5 Å². The summed E-state index contributed by atoms with van der Waals surface area (Å²) in [6.07, 6.45) is 0. The molecule has 32 heavy (non-hydrogen) atoms. The molecule has 8 heteroatoms. The maximum absolute atomic E-state index is 12.9. The minimum Gasteiger partial charge on any atom is -0.331 e. The molecule has 1 amide bonds. The Kier molecular flexibility index (Phi) is 5.43. The third-order valence-electron chi connectivity index (χ3n) is 5.14. The molecule has 0 aliphatic heterocycles. The average Bonchev–Trinajstić information content (AvgIpc) is 3.24. The molecule has 0 atom stereocenters. The Labute approximate surface area is 196 Å². The van der Waals surface area contributed by atoms with Gasteiger partial charge >= 0.3 is 0 Å². The van der Waals surface area contributed by atoms with Gasteiger partial charge in [0.15, 0.2) is 10.6 Å². The van der Waals surface area contributed by atoms with Crippen molar-refractivity contribution in [1.82, 2.24) is 9.55 Å². The van der Waals surface area contributed by atoms with Crippen LogP contribution in [0.1, 0.15) is 0 Å². The number of pyridine rings is 1. The molecule has 0 fully saturated rings. The van der Waals surface area contributed by atoms with Crippen LogP contribution in [0.25, 0.3) is 33.1 Å². The van der Waals surface area contributed by atoms with Crippen LogP contribution in [-0.2, 0) is 11.3 Å². The number of aromatic nitrogens is 2. The van der Waals surface area contributed by atoms with Crippen LogP contribution in [-0.4, -0.2) is 15.5 Å². The number of benzene rings is 3. The number of halogens is 2. The zero-order chi connectivity index (χ0) is 22.2. The summed E-state index contributed by atoms with van der Waals surface area (Å²) in [5.74, 6) is -0.243. The van der Waals surface area contributed by atoms with Gasteiger partial charge in [-0.25, -0.2) is 4.98 Å². The molecule has 0 aliphatic carbocycles. The van der Waals surface area contributed by atoms with Gasteiger partial charge in [-0.2, -0.15) is 0 Å². The highest BCUT2D eigenvalue weighted by atomic mass is 35.5. The Morgan fingerprint density at radius 3 is 2.28 bits per heavy atom. The van der Waals surface area contributed by atoms with E-state index in [0.29, 0.717) is 42.7 Å². The number of carbonyl (C=O) groups excluding carboxylic acids is 1. The molecule has 5 rings (SSSR count). The van der Waals surface area contributed by atoms with Gasteiger partial charge in [-0.05, 0) is 42.5 Å². The fourth-order valence-electron chi connectivity index (χ4n) is 3.70. The SMILES string of the molecule is O=C(Cn1c2ccccc2c(=O)c2ccccc21)Nc1nc(-c2ccc(Cl)cc2Cl)cs1. The van der Waals surface area contributed by atoms with E-state index in [0.717, 1.165) is 5.56 Å². The second-order valence-electron chi connectivity index (χ2n) is 7.16. The van der Waals surface area contributed by atoms with Gasteiger partial charge < -0.3 is 9.88 Å². The number of nitrogens with zero attached hydrogens (tertiary/aromatic N) is 2. The summed E-state index contributed by atoms with van der Waals surface area (Å²) in [6.45, 7) is 0.0396. The normalized spacial score (nSPS) is 11.2. The molecular formula is C24H15Cl2N3O2S. The van der Waals surface area contributed by atoms with E-state index in [1.165, 1.54) is 11.3 Å². The Hall–Kier alpha value is -3.19. The van der Waals surface area contributed by atoms with Crippen LogP contribution in [0.4, 0.5) is 5.13 Å². The zero-order valence-electron chi connectivity index (χ0n) is 16.5. The number of anilines is 1. The van der Waals surface area contributed by atoms with E-state index in [-0.39, 0.29) is 17.9 Å². The monoisotopic (exact) mass is 479 g/mol. The zero-order valence-corrected chi connectivity index (χ0v) is 18.8. The lowest BCUT2D eigenvalue weighted by Crippen LogP contribution is -2.21. The number of carbonyl (C=O) groups is 1. The van der Waals surface area contributed by atoms with E-state index in [1.807, 2.05) is 46.3 Å². The van der Waals surface area contributed by atoms with Crippen molar-refractivity contribution in [2.75, 3.05) is 5.32 Å². The maximum atomic E-state index is 12.9. The highest BCUT2D eigenvalue weighted by Gasteiger charge is 2.15. The molecule has 0 bridgehead atoms. The largest absolute Gasteiger partial charge is 0.331 e. The fraction of sp³-hybridized carbons (Fsp3) is 0.0417. The number of amides is 1. The number of rotatable bonds is 4. The summed E-state index contributed by atoms with van der Waals surface area (Å²) in [7, 11) is 0. The molecule has 5 nitrogen and oxygen atoms in total. The highest BCUT2D eigenvalue weighted by molar-refractivity contribution is 7.14. The summed E-state index contributed by atoms with van der Waals surface area (Å²) >= 11 is 13.6. The first-order chi connectivity index (χ1) is 15.5. The van der Waals surface area contributed by atoms with Crippen molar-refractivity contribution in [3.05, 3.63) is 92.4 Å². The summed E-state index contributed by atoms with van der Waals surface area (Å²) in [4.78, 5) is 30.3. The molecule has 0 unspecified atom stereocenters. The molecule has 0 radical (unpaired) electrons. The predicted octanol–water partition coefficient (Wildman–Crippen LogP) is 6.22. The van der Waals surface area contributed by atoms with E-state index in [1.54, 1.807) is 30.3 Å². The molecule has 0 saturated carbocycles. The van der Waals surface area contributed by atoms with Gasteiger partial charge in [0.1, 0.15) is 6.54 Å². The Morgan fingerprint density at radius 1 is 0.969 bits per heavy atom. The fourth-order valence-corrected chi connectivity index (χ4v) is 4.93. The van der Waals surface area contributed by atoms with Crippen molar-refractivity contribution >= 4 is 67.4 Å². The molecule has 5 aromatic rings. The minimum absolute atomic E-state index is 0.0396. The van der Waals surface area contributed by atoms with Crippen molar-refractivity contribution in [2.24, 2.45) is 0 Å². The van der Waals surface area contributed by atoms with E-state index >= 15 is 0 Å². The predicted molar refractivity (Wildman–Crippen MR) is 132 cm³/mol. The summed E-state index contributed by atoms with van der Waals surface area (Å²) in [6, 6.07) is 19.8. The second-order valence-corrected chi connectivity index (χ2v) is 8.86. The molecule has 3 aromatic carbocycles. The summed E-state index contributed by atoms with van der Waals surface area (Å²) < 4.78 is 1.85. The van der Waals surface area contributed by atoms with Gasteiger partial charge in [0, 0.05) is 26.7 Å². The van der Waals surface area contributed by atoms with E-state index in [9.17, 15) is 9.59 Å². The van der Waals surface area contributed by atoms with Gasteiger partial charge in [0.25, 0.3) is 0 Å². The summed E-state index contributed by atoms with van der Waals surface area (Å²) in [5, 5.41) is 7.34. The van der Waals surface area contributed by atoms with Crippen molar-refractivity contribution in [1.29, 1.82) is 0 Å². The third-order valence-corrected chi connectivity index (χ3v) is 6.44. The van der Waals surface area contributed by atoms with Gasteiger partial charge in [-0.3, -0.25) is 9.59 Å². The standard InChI is InChI=1S/C24H15Cl2N3O2S/c25-14-9-10-15(18(26)11-14)19-13-32-24(27-19)28-22(30)12-29-20-7-3-1-5-16(20)23(31)17-6-2-4-8-21(17)29/h1-11,13H,12H2,(H,27,28,30). The minimum atomic E-state index is -0.243. The van der Waals surface area contributed by atoms with Gasteiger partial charge in [0.05, 0.1) is 21.7 Å². The number of thiazole rings is 1. The smallest absolute Gasteiger partial charge is 0.246 e. The second kappa shape index (κ2) is 8.39. The first kappa shape index (κ1) is 20.7. The van der Waals surface area contributed by atoms with Gasteiger partial charge in [-0.15, -0.1) is 11.3 Å². The quantitative estimate of drug-likeness (QED) is 0.311. The third kappa shape index (κ3) is 3.77. The molecule has 1 N–H and O–H groups in total. The number of hydrogen-bond donors (Lipinski definition) is 1. The van der Waals surface area contributed by atoms with E-state index in [4.69, 9.17) is 23.2 Å². The van der Waals surface area contributed by atoms with Crippen LogP contribution >= 0.6 is 34.5 Å². The highest BCUT2D eigenvalue weighted by Crippen LogP contribution is 2.32. The molecular weight excluding hydrogens is 465 g/mol. The molecule has 0 spiro atoms. The molecule has 0 saturated heterocycles. The van der Waals surface area contributed by atoms with E-state index < -0.39 is 0 Å². The van der Waals surface area contributed by atoms with Crippen LogP contribution < -0.4 is 10.7 Å². The number of para-hydroxylation sites is 2. The molecule has 158 valence electrons. The molecule has 0 aliphatic rings. The number of fused-ring (bicyclic) bond motifs is 2. The van der Waals surface area contributed by atoms with Crippen molar-refractivity contribution in [3.8, 4) is 11.3 Å². The van der Waals surface area contributed by atoms with Crippen LogP contribution in [0.15, 0.2) is 76.9 Å². The van der Waals surface area contributed by atoms with Crippen LogP contribution in [0.3, 0.4) is 0 Å². The average molecular weight is 480 g/mol. The lowest BCUT2D eigenvalue weighted by Gasteiger charge is -2.14. The number of hydrogen-bond acceptors (Lipinski definition) is 4. The van der Waals surface area contributed by atoms with E-state index in [2.05, 4.69) is 10.3 Å². The first-order valence-electron chi connectivity index (χ1n) is 9.72. The van der Waals surface area contributed by atoms with Crippen molar-refractivity contribution in [3.63, 3.8) is 0 Å².